The van der Waals surface area contributed by atoms with Crippen LogP contribution >= 0.6 is 11.6 Å². The highest BCUT2D eigenvalue weighted by atomic mass is 35.5. The van der Waals surface area contributed by atoms with Crippen LogP contribution in [0.3, 0.4) is 0 Å². The summed E-state index contributed by atoms with van der Waals surface area (Å²) >= 11 is 6.20. The Bertz CT molecular complexity index is 711. The number of aliphatic hydroxyl groups is 1. The summed E-state index contributed by atoms with van der Waals surface area (Å²) in [4.78, 5) is 4.78. The predicted octanol–water partition coefficient (Wildman–Crippen LogP) is 4.36. The molecule has 1 atom stereocenters. The van der Waals surface area contributed by atoms with Crippen LogP contribution in [-0.2, 0) is 4.74 Å². The number of anilines is 1. The summed E-state index contributed by atoms with van der Waals surface area (Å²) in [5, 5.41) is 11.4. The molecule has 5 fully saturated rings. The van der Waals surface area contributed by atoms with Crippen molar-refractivity contribution in [2.24, 2.45) is 23.2 Å². The fourth-order valence-corrected chi connectivity index (χ4v) is 7.49. The quantitative estimate of drug-likeness (QED) is 0.694. The molecule has 5 aliphatic rings. The molecule has 4 saturated carbocycles. The van der Waals surface area contributed by atoms with E-state index in [1.807, 2.05) is 6.07 Å². The van der Waals surface area contributed by atoms with E-state index in [0.717, 1.165) is 55.6 Å². The number of hydrogen-bond donors (Lipinski definition) is 1. The fraction of sp³-hybridized carbons (Fsp3) is 0.760. The average Bonchev–Trinajstić information content (AvgIpc) is 2.69. The number of piperazine rings is 1. The molecule has 4 aliphatic carbocycles. The van der Waals surface area contributed by atoms with Gasteiger partial charge in [-0.05, 0) is 86.3 Å². The number of aliphatic hydroxyl groups excluding tert-OH is 1. The summed E-state index contributed by atoms with van der Waals surface area (Å²) in [5.74, 6) is 2.89. The van der Waals surface area contributed by atoms with Gasteiger partial charge < -0.3 is 14.7 Å². The van der Waals surface area contributed by atoms with E-state index in [1.165, 1.54) is 49.8 Å². The molecule has 166 valence electrons. The van der Waals surface area contributed by atoms with Crippen molar-refractivity contribution in [3.8, 4) is 0 Å². The minimum absolute atomic E-state index is 0.390. The molecule has 30 heavy (non-hydrogen) atoms. The standard InChI is InChI=1S/C25H37ClN2O2/c1-18-2-3-22(26)11-24(18)28-6-4-27(5-7-28)15-23(29)16-30-17-25-12-19-8-20(13-25)10-21(9-19)14-25/h2-3,11,19-21,23,29H,4-10,12-17H2,1H3/t19?,20?,21?,23-,25?/m0/s1. The first-order valence-electron chi connectivity index (χ1n) is 12.0. The van der Waals surface area contributed by atoms with Crippen molar-refractivity contribution in [2.75, 3.05) is 50.8 Å². The second kappa shape index (κ2) is 8.61. The summed E-state index contributed by atoms with van der Waals surface area (Å²) in [7, 11) is 0. The first-order chi connectivity index (χ1) is 14.5. The van der Waals surface area contributed by atoms with E-state index in [9.17, 15) is 5.11 Å². The largest absolute Gasteiger partial charge is 0.389 e. The number of rotatable bonds is 7. The normalized spacial score (nSPS) is 34.5. The molecule has 1 N–H and O–H groups in total. The van der Waals surface area contributed by atoms with Crippen LogP contribution in [0.4, 0.5) is 5.69 Å². The smallest absolute Gasteiger partial charge is 0.0900 e. The molecule has 4 bridgehead atoms. The zero-order valence-electron chi connectivity index (χ0n) is 18.4. The molecular formula is C25H37ClN2O2. The third kappa shape index (κ3) is 4.53. The fourth-order valence-electron chi connectivity index (χ4n) is 7.32. The van der Waals surface area contributed by atoms with Crippen LogP contribution in [0.1, 0.15) is 44.1 Å². The van der Waals surface area contributed by atoms with Gasteiger partial charge >= 0.3 is 0 Å². The van der Waals surface area contributed by atoms with Crippen LogP contribution in [0.15, 0.2) is 18.2 Å². The lowest BCUT2D eigenvalue weighted by Gasteiger charge is -2.56. The summed E-state index contributed by atoms with van der Waals surface area (Å²) < 4.78 is 6.14. The molecule has 0 radical (unpaired) electrons. The molecule has 1 aliphatic heterocycles. The molecule has 0 amide bonds. The van der Waals surface area contributed by atoms with Gasteiger partial charge in [0.1, 0.15) is 0 Å². The van der Waals surface area contributed by atoms with Crippen LogP contribution in [-0.4, -0.2) is 62.0 Å². The van der Waals surface area contributed by atoms with Gasteiger partial charge in [-0.2, -0.15) is 0 Å². The maximum atomic E-state index is 10.6. The van der Waals surface area contributed by atoms with Crippen molar-refractivity contribution in [1.29, 1.82) is 0 Å². The van der Waals surface area contributed by atoms with Gasteiger partial charge in [0.15, 0.2) is 0 Å². The van der Waals surface area contributed by atoms with Crippen molar-refractivity contribution >= 4 is 17.3 Å². The monoisotopic (exact) mass is 432 g/mol. The summed E-state index contributed by atoms with van der Waals surface area (Å²) in [6.45, 7) is 8.09. The van der Waals surface area contributed by atoms with Gasteiger partial charge in [-0.15, -0.1) is 0 Å². The van der Waals surface area contributed by atoms with Crippen molar-refractivity contribution in [3.05, 3.63) is 28.8 Å². The Kier molecular flexibility index (Phi) is 6.05. The molecule has 4 nitrogen and oxygen atoms in total. The molecule has 1 aromatic carbocycles. The van der Waals surface area contributed by atoms with E-state index in [0.29, 0.717) is 18.6 Å². The molecule has 0 spiro atoms. The highest BCUT2D eigenvalue weighted by Gasteiger charge is 2.50. The summed E-state index contributed by atoms with van der Waals surface area (Å²) in [6, 6.07) is 6.12. The number of ether oxygens (including phenoxy) is 1. The van der Waals surface area contributed by atoms with E-state index in [2.05, 4.69) is 28.9 Å². The Hall–Kier alpha value is -0.810. The second-order valence-electron chi connectivity index (χ2n) is 10.8. The van der Waals surface area contributed by atoms with Crippen molar-refractivity contribution in [1.82, 2.24) is 4.90 Å². The van der Waals surface area contributed by atoms with Gasteiger partial charge in [0.25, 0.3) is 0 Å². The van der Waals surface area contributed by atoms with Crippen LogP contribution < -0.4 is 4.90 Å². The van der Waals surface area contributed by atoms with Crippen molar-refractivity contribution in [2.45, 2.75) is 51.6 Å². The Labute approximate surface area is 186 Å². The first kappa shape index (κ1) is 21.1. The third-order valence-corrected chi connectivity index (χ3v) is 8.47. The molecule has 5 heteroatoms. The first-order valence-corrected chi connectivity index (χ1v) is 12.4. The number of hydrogen-bond acceptors (Lipinski definition) is 4. The van der Waals surface area contributed by atoms with Crippen LogP contribution in [0.5, 0.6) is 0 Å². The molecule has 0 unspecified atom stereocenters. The number of nitrogens with zero attached hydrogens (tertiary/aromatic N) is 2. The Morgan fingerprint density at radius 2 is 1.70 bits per heavy atom. The zero-order chi connectivity index (χ0) is 20.7. The van der Waals surface area contributed by atoms with Gasteiger partial charge in [0, 0.05) is 43.4 Å². The summed E-state index contributed by atoms with van der Waals surface area (Å²) in [5.41, 5.74) is 2.95. The Morgan fingerprint density at radius 3 is 2.33 bits per heavy atom. The average molecular weight is 433 g/mol. The lowest BCUT2D eigenvalue weighted by Crippen LogP contribution is -2.50. The van der Waals surface area contributed by atoms with Crippen LogP contribution in [0.25, 0.3) is 0 Å². The highest BCUT2D eigenvalue weighted by molar-refractivity contribution is 6.30. The number of aryl methyl sites for hydroxylation is 1. The zero-order valence-corrected chi connectivity index (χ0v) is 19.1. The van der Waals surface area contributed by atoms with Gasteiger partial charge in [-0.25, -0.2) is 0 Å². The lowest BCUT2D eigenvalue weighted by atomic mass is 9.50. The van der Waals surface area contributed by atoms with E-state index >= 15 is 0 Å². The van der Waals surface area contributed by atoms with Gasteiger partial charge in [0.05, 0.1) is 19.3 Å². The van der Waals surface area contributed by atoms with Gasteiger partial charge in [0.2, 0.25) is 0 Å². The number of β-amino-alcohol motifs (C(OH)–C–C–N with tert-alkyl or cyclic N) is 1. The van der Waals surface area contributed by atoms with Gasteiger partial charge in [-0.1, -0.05) is 17.7 Å². The Balaban J connectivity index is 1.05. The second-order valence-corrected chi connectivity index (χ2v) is 11.2. The van der Waals surface area contributed by atoms with E-state index < -0.39 is 6.10 Å². The maximum Gasteiger partial charge on any atom is 0.0900 e. The third-order valence-electron chi connectivity index (χ3n) is 8.24. The molecule has 1 saturated heterocycles. The Morgan fingerprint density at radius 1 is 1.07 bits per heavy atom. The van der Waals surface area contributed by atoms with Crippen molar-refractivity contribution < 1.29 is 9.84 Å². The molecule has 0 aromatic heterocycles. The van der Waals surface area contributed by atoms with Crippen LogP contribution in [0, 0.1) is 30.1 Å². The summed E-state index contributed by atoms with van der Waals surface area (Å²) in [6.07, 6.45) is 8.16. The lowest BCUT2D eigenvalue weighted by molar-refractivity contribution is -0.107. The van der Waals surface area contributed by atoms with Gasteiger partial charge in [-0.3, -0.25) is 4.90 Å². The van der Waals surface area contributed by atoms with Crippen molar-refractivity contribution in [3.63, 3.8) is 0 Å². The molecule has 1 aromatic rings. The minimum Gasteiger partial charge on any atom is -0.389 e. The topological polar surface area (TPSA) is 35.9 Å². The number of halogens is 1. The molecule has 1 heterocycles. The minimum atomic E-state index is -0.390. The molecular weight excluding hydrogens is 396 g/mol. The highest BCUT2D eigenvalue weighted by Crippen LogP contribution is 2.60. The van der Waals surface area contributed by atoms with E-state index in [4.69, 9.17) is 16.3 Å². The van der Waals surface area contributed by atoms with E-state index in [-0.39, 0.29) is 0 Å². The SMILES string of the molecule is Cc1ccc(Cl)cc1N1CCN(C[C@H](O)COCC23CC4CC(CC(C4)C2)C3)CC1. The van der Waals surface area contributed by atoms with Crippen LogP contribution in [0.2, 0.25) is 5.02 Å². The predicted molar refractivity (Wildman–Crippen MR) is 122 cm³/mol. The maximum absolute atomic E-state index is 10.6. The van der Waals surface area contributed by atoms with E-state index in [1.54, 1.807) is 0 Å². The molecule has 6 rings (SSSR count). The number of benzene rings is 1.